The monoisotopic (exact) mass is 353 g/mol. The SMILES string of the molecule is Cc1nc(CCc2nc(-c3nccs3)cn2C)c2cccc(F)c2n1. The zero-order valence-electron chi connectivity index (χ0n) is 13.9. The zero-order valence-corrected chi connectivity index (χ0v) is 14.7. The number of aryl methyl sites for hydroxylation is 4. The highest BCUT2D eigenvalue weighted by Crippen LogP contribution is 2.23. The van der Waals surface area contributed by atoms with Crippen LogP contribution in [0.5, 0.6) is 0 Å². The summed E-state index contributed by atoms with van der Waals surface area (Å²) in [5.41, 5.74) is 2.11. The fraction of sp³-hybridized carbons (Fsp3) is 0.222. The molecule has 126 valence electrons. The molecule has 7 heteroatoms. The molecule has 0 amide bonds. The maximum atomic E-state index is 14.0. The summed E-state index contributed by atoms with van der Waals surface area (Å²) in [6.07, 6.45) is 5.14. The van der Waals surface area contributed by atoms with E-state index >= 15 is 0 Å². The first kappa shape index (κ1) is 15.8. The van der Waals surface area contributed by atoms with E-state index in [9.17, 15) is 4.39 Å². The first-order valence-corrected chi connectivity index (χ1v) is 8.83. The Morgan fingerprint density at radius 1 is 1.16 bits per heavy atom. The summed E-state index contributed by atoms with van der Waals surface area (Å²) in [5.74, 6) is 1.22. The van der Waals surface area contributed by atoms with E-state index in [1.807, 2.05) is 29.3 Å². The number of para-hydroxylation sites is 1. The average Bonchev–Trinajstić information content (AvgIpc) is 3.23. The first-order chi connectivity index (χ1) is 12.1. The largest absolute Gasteiger partial charge is 0.337 e. The summed E-state index contributed by atoms with van der Waals surface area (Å²) in [7, 11) is 1.97. The lowest BCUT2D eigenvalue weighted by Crippen LogP contribution is -2.04. The van der Waals surface area contributed by atoms with Gasteiger partial charge in [-0.3, -0.25) is 0 Å². The number of hydrogen-bond acceptors (Lipinski definition) is 5. The van der Waals surface area contributed by atoms with Crippen molar-refractivity contribution in [3.8, 4) is 10.7 Å². The Balaban J connectivity index is 1.64. The van der Waals surface area contributed by atoms with Crippen molar-refractivity contribution in [3.05, 3.63) is 59.1 Å². The van der Waals surface area contributed by atoms with Crippen LogP contribution in [0.25, 0.3) is 21.6 Å². The van der Waals surface area contributed by atoms with Crippen LogP contribution in [0.4, 0.5) is 4.39 Å². The Kier molecular flexibility index (Phi) is 4.01. The van der Waals surface area contributed by atoms with E-state index in [1.165, 1.54) is 6.07 Å². The summed E-state index contributed by atoms with van der Waals surface area (Å²) in [5, 5.41) is 3.61. The Morgan fingerprint density at radius 2 is 2.04 bits per heavy atom. The number of halogens is 1. The fourth-order valence-corrected chi connectivity index (χ4v) is 3.51. The second-order valence-electron chi connectivity index (χ2n) is 5.84. The average molecular weight is 353 g/mol. The van der Waals surface area contributed by atoms with E-state index in [2.05, 4.69) is 19.9 Å². The first-order valence-electron chi connectivity index (χ1n) is 7.95. The van der Waals surface area contributed by atoms with Crippen molar-refractivity contribution in [2.45, 2.75) is 19.8 Å². The molecule has 0 bridgehead atoms. The molecule has 0 saturated carbocycles. The Labute approximate surface area is 148 Å². The van der Waals surface area contributed by atoms with Crippen molar-refractivity contribution in [1.29, 1.82) is 0 Å². The number of rotatable bonds is 4. The molecule has 0 N–H and O–H groups in total. The van der Waals surface area contributed by atoms with Gasteiger partial charge in [-0.1, -0.05) is 12.1 Å². The van der Waals surface area contributed by atoms with Gasteiger partial charge in [-0.2, -0.15) is 0 Å². The molecule has 0 aliphatic rings. The molecular weight excluding hydrogens is 337 g/mol. The van der Waals surface area contributed by atoms with E-state index in [0.717, 1.165) is 27.6 Å². The number of aromatic nitrogens is 5. The zero-order chi connectivity index (χ0) is 17.4. The highest BCUT2D eigenvalue weighted by atomic mass is 32.1. The van der Waals surface area contributed by atoms with Crippen molar-refractivity contribution < 1.29 is 4.39 Å². The molecule has 3 heterocycles. The minimum atomic E-state index is -0.313. The van der Waals surface area contributed by atoms with Crippen LogP contribution in [0.15, 0.2) is 36.0 Å². The van der Waals surface area contributed by atoms with Gasteiger partial charge in [0.15, 0.2) is 0 Å². The predicted molar refractivity (Wildman–Crippen MR) is 96.0 cm³/mol. The Morgan fingerprint density at radius 3 is 2.84 bits per heavy atom. The third kappa shape index (κ3) is 3.02. The minimum absolute atomic E-state index is 0.313. The second kappa shape index (κ2) is 6.33. The van der Waals surface area contributed by atoms with Crippen molar-refractivity contribution >= 4 is 22.2 Å². The van der Waals surface area contributed by atoms with Gasteiger partial charge < -0.3 is 4.57 Å². The molecule has 3 aromatic heterocycles. The highest BCUT2D eigenvalue weighted by molar-refractivity contribution is 7.13. The molecule has 0 fully saturated rings. The van der Waals surface area contributed by atoms with Gasteiger partial charge in [-0.05, 0) is 19.4 Å². The lowest BCUT2D eigenvalue weighted by atomic mass is 10.1. The van der Waals surface area contributed by atoms with Gasteiger partial charge in [0, 0.05) is 36.6 Å². The predicted octanol–water partition coefficient (Wildman–Crippen LogP) is 3.72. The molecule has 25 heavy (non-hydrogen) atoms. The maximum absolute atomic E-state index is 14.0. The van der Waals surface area contributed by atoms with Crippen LogP contribution in [0, 0.1) is 12.7 Å². The molecule has 0 saturated heterocycles. The molecule has 0 aliphatic heterocycles. The van der Waals surface area contributed by atoms with Crippen molar-refractivity contribution in [1.82, 2.24) is 24.5 Å². The third-order valence-electron chi connectivity index (χ3n) is 4.08. The van der Waals surface area contributed by atoms with Gasteiger partial charge in [0.05, 0.1) is 5.69 Å². The van der Waals surface area contributed by atoms with E-state index in [0.29, 0.717) is 24.2 Å². The number of imidazole rings is 1. The van der Waals surface area contributed by atoms with Crippen LogP contribution in [-0.2, 0) is 19.9 Å². The molecular formula is C18H16FN5S. The molecule has 4 rings (SSSR count). The van der Waals surface area contributed by atoms with Crippen molar-refractivity contribution in [2.75, 3.05) is 0 Å². The molecule has 0 radical (unpaired) electrons. The van der Waals surface area contributed by atoms with E-state index in [1.54, 1.807) is 30.5 Å². The highest BCUT2D eigenvalue weighted by Gasteiger charge is 2.13. The molecule has 0 aliphatic carbocycles. The lowest BCUT2D eigenvalue weighted by Gasteiger charge is -2.07. The molecule has 0 atom stereocenters. The molecule has 5 nitrogen and oxygen atoms in total. The summed E-state index contributed by atoms with van der Waals surface area (Å²) >= 11 is 1.57. The summed E-state index contributed by atoms with van der Waals surface area (Å²) in [6, 6.07) is 4.99. The van der Waals surface area contributed by atoms with Crippen LogP contribution in [0.2, 0.25) is 0 Å². The van der Waals surface area contributed by atoms with Gasteiger partial charge in [-0.25, -0.2) is 24.3 Å². The normalized spacial score (nSPS) is 11.3. The molecule has 0 unspecified atom stereocenters. The number of nitrogens with zero attached hydrogens (tertiary/aromatic N) is 5. The van der Waals surface area contributed by atoms with E-state index in [4.69, 9.17) is 0 Å². The second-order valence-corrected chi connectivity index (χ2v) is 6.74. The number of thiazole rings is 1. The van der Waals surface area contributed by atoms with Crippen LogP contribution in [0.3, 0.4) is 0 Å². The summed E-state index contributed by atoms with van der Waals surface area (Å²) < 4.78 is 16.0. The summed E-state index contributed by atoms with van der Waals surface area (Å²) in [4.78, 5) is 17.7. The van der Waals surface area contributed by atoms with Crippen molar-refractivity contribution in [2.24, 2.45) is 7.05 Å². The standard InChI is InChI=1S/C18H16FN5S/c1-11-21-14(12-4-3-5-13(19)17(12)22-11)6-7-16-23-15(10-24(16)2)18-20-8-9-25-18/h3-5,8-10H,6-7H2,1-2H3. The topological polar surface area (TPSA) is 56.5 Å². The van der Waals surface area contributed by atoms with Crippen LogP contribution in [-0.4, -0.2) is 24.5 Å². The minimum Gasteiger partial charge on any atom is -0.337 e. The van der Waals surface area contributed by atoms with Gasteiger partial charge in [0.2, 0.25) is 0 Å². The van der Waals surface area contributed by atoms with Gasteiger partial charge in [-0.15, -0.1) is 11.3 Å². The quantitative estimate of drug-likeness (QED) is 0.561. The van der Waals surface area contributed by atoms with Crippen LogP contribution in [0.1, 0.15) is 17.3 Å². The van der Waals surface area contributed by atoms with Gasteiger partial charge >= 0.3 is 0 Å². The molecule has 0 spiro atoms. The smallest absolute Gasteiger partial charge is 0.149 e. The Bertz CT molecular complexity index is 1040. The maximum Gasteiger partial charge on any atom is 0.149 e. The van der Waals surface area contributed by atoms with Crippen molar-refractivity contribution in [3.63, 3.8) is 0 Å². The number of fused-ring (bicyclic) bond motifs is 1. The number of hydrogen-bond donors (Lipinski definition) is 0. The fourth-order valence-electron chi connectivity index (χ4n) is 2.91. The summed E-state index contributed by atoms with van der Waals surface area (Å²) in [6.45, 7) is 1.79. The van der Waals surface area contributed by atoms with E-state index < -0.39 is 0 Å². The van der Waals surface area contributed by atoms with Crippen LogP contribution >= 0.6 is 11.3 Å². The molecule has 1 aromatic carbocycles. The van der Waals surface area contributed by atoms with Crippen LogP contribution < -0.4 is 0 Å². The van der Waals surface area contributed by atoms with Gasteiger partial charge in [0.1, 0.15) is 33.7 Å². The Hall–Kier alpha value is -2.67. The lowest BCUT2D eigenvalue weighted by molar-refractivity contribution is 0.635. The third-order valence-corrected chi connectivity index (χ3v) is 4.87. The molecule has 4 aromatic rings. The van der Waals surface area contributed by atoms with E-state index in [-0.39, 0.29) is 5.82 Å². The number of benzene rings is 1. The van der Waals surface area contributed by atoms with Gasteiger partial charge in [0.25, 0.3) is 0 Å².